The summed E-state index contributed by atoms with van der Waals surface area (Å²) in [7, 11) is 0. The number of nitrogens with zero attached hydrogens (tertiary/aromatic N) is 1. The third kappa shape index (κ3) is 1.99. The molecule has 0 saturated carbocycles. The molecule has 1 aliphatic carbocycles. The first-order chi connectivity index (χ1) is 12.9. The summed E-state index contributed by atoms with van der Waals surface area (Å²) in [6.07, 6.45) is -5.74. The van der Waals surface area contributed by atoms with Gasteiger partial charge in [-0.3, -0.25) is 10.1 Å². The summed E-state index contributed by atoms with van der Waals surface area (Å²) in [5.41, 5.74) is 0.681. The van der Waals surface area contributed by atoms with Gasteiger partial charge < -0.3 is 20.4 Å². The average molecular weight is 365 g/mol. The summed E-state index contributed by atoms with van der Waals surface area (Å²) < 4.78 is 0. The highest BCUT2D eigenvalue weighted by Gasteiger charge is 2.41. The van der Waals surface area contributed by atoms with Crippen LogP contribution in [0.3, 0.4) is 0 Å². The van der Waals surface area contributed by atoms with Crippen molar-refractivity contribution in [2.45, 2.75) is 24.4 Å². The Bertz CT molecular complexity index is 1240. The first-order valence-electron chi connectivity index (χ1n) is 8.51. The standard InChI is InChI=1S/C20H15NO6/c22-17-12-7-9-2-1-8-3-6-13(21(26)27)10-4-5-11(15(9)14(8)10)16(12)18(23)20(25)19(17)24/h1-7,17-20,22-25H. The Hall–Kier alpha value is -2.84. The molecule has 0 bridgehead atoms. The lowest BCUT2D eigenvalue weighted by Crippen LogP contribution is -2.41. The number of nitro groups is 1. The maximum atomic E-state index is 11.4. The predicted octanol–water partition coefficient (Wildman–Crippen LogP) is 2.29. The van der Waals surface area contributed by atoms with E-state index in [1.807, 2.05) is 12.1 Å². The van der Waals surface area contributed by atoms with Crippen LogP contribution < -0.4 is 0 Å². The fourth-order valence-electron chi connectivity index (χ4n) is 4.37. The highest BCUT2D eigenvalue weighted by molar-refractivity contribution is 6.25. The zero-order valence-electron chi connectivity index (χ0n) is 13.9. The number of hydrogen-bond donors (Lipinski definition) is 4. The largest absolute Gasteiger partial charge is 0.387 e. The molecule has 4 aromatic rings. The SMILES string of the molecule is O=[N+]([O-])c1ccc2ccc3cc4c(c5ccc1c2c35)C(O)C(O)C(O)C4O. The van der Waals surface area contributed by atoms with Crippen molar-refractivity contribution in [3.63, 3.8) is 0 Å². The van der Waals surface area contributed by atoms with Gasteiger partial charge in [-0.25, -0.2) is 0 Å². The lowest BCUT2D eigenvalue weighted by Gasteiger charge is -2.35. The second-order valence-corrected chi connectivity index (χ2v) is 7.01. The zero-order valence-corrected chi connectivity index (χ0v) is 13.9. The number of hydrogen-bond acceptors (Lipinski definition) is 6. The normalized spacial score (nSPS) is 25.3. The molecule has 0 radical (unpaired) electrons. The molecule has 7 nitrogen and oxygen atoms in total. The first kappa shape index (κ1) is 16.3. The first-order valence-corrected chi connectivity index (χ1v) is 8.51. The van der Waals surface area contributed by atoms with Crippen LogP contribution in [0.1, 0.15) is 23.3 Å². The van der Waals surface area contributed by atoms with Gasteiger partial charge in [-0.15, -0.1) is 0 Å². The molecule has 0 saturated heterocycles. The number of non-ortho nitro benzene ring substituents is 1. The monoisotopic (exact) mass is 365 g/mol. The van der Waals surface area contributed by atoms with Crippen molar-refractivity contribution >= 4 is 38.0 Å². The maximum absolute atomic E-state index is 11.4. The quantitative estimate of drug-likeness (QED) is 0.233. The van der Waals surface area contributed by atoms with E-state index >= 15 is 0 Å². The van der Waals surface area contributed by atoms with E-state index < -0.39 is 29.3 Å². The van der Waals surface area contributed by atoms with Crippen molar-refractivity contribution in [3.8, 4) is 0 Å². The Morgan fingerprint density at radius 2 is 1.37 bits per heavy atom. The molecule has 0 heterocycles. The fraction of sp³-hybridized carbons (Fsp3) is 0.200. The number of fused-ring (bicyclic) bond motifs is 2. The molecule has 0 fully saturated rings. The summed E-state index contributed by atoms with van der Waals surface area (Å²) in [4.78, 5) is 11.0. The van der Waals surface area contributed by atoms with Gasteiger partial charge in [0.05, 0.1) is 10.3 Å². The summed E-state index contributed by atoms with van der Waals surface area (Å²) in [6.45, 7) is 0. The van der Waals surface area contributed by atoms with Crippen LogP contribution in [0.4, 0.5) is 5.69 Å². The number of aliphatic hydroxyl groups is 4. The molecule has 136 valence electrons. The minimum absolute atomic E-state index is 0.00865. The minimum atomic E-state index is -1.53. The molecule has 7 heteroatoms. The van der Waals surface area contributed by atoms with Gasteiger partial charge in [0, 0.05) is 11.5 Å². The van der Waals surface area contributed by atoms with Crippen LogP contribution in [-0.4, -0.2) is 37.6 Å². The summed E-state index contributed by atoms with van der Waals surface area (Å²) in [5, 5.41) is 56.6. The van der Waals surface area contributed by atoms with Gasteiger partial charge in [0.2, 0.25) is 0 Å². The third-order valence-electron chi connectivity index (χ3n) is 5.64. The lowest BCUT2D eigenvalue weighted by atomic mass is 9.78. The summed E-state index contributed by atoms with van der Waals surface area (Å²) in [6, 6.07) is 11.8. The van der Waals surface area contributed by atoms with Crippen LogP contribution in [0, 0.1) is 10.1 Å². The van der Waals surface area contributed by atoms with E-state index in [1.54, 1.807) is 24.3 Å². The molecule has 27 heavy (non-hydrogen) atoms. The Morgan fingerprint density at radius 1 is 0.778 bits per heavy atom. The van der Waals surface area contributed by atoms with Gasteiger partial charge in [0.15, 0.2) is 0 Å². The smallest absolute Gasteiger partial charge is 0.277 e. The topological polar surface area (TPSA) is 124 Å². The van der Waals surface area contributed by atoms with E-state index in [-0.39, 0.29) is 5.69 Å². The van der Waals surface area contributed by atoms with Gasteiger partial charge in [0.1, 0.15) is 24.4 Å². The zero-order chi connectivity index (χ0) is 19.0. The van der Waals surface area contributed by atoms with Crippen molar-refractivity contribution in [1.82, 2.24) is 0 Å². The van der Waals surface area contributed by atoms with Crippen LogP contribution in [0.25, 0.3) is 32.3 Å². The number of benzene rings is 4. The Labute approximate surface area is 152 Å². The predicted molar refractivity (Wildman–Crippen MR) is 98.7 cm³/mol. The molecule has 4 aromatic carbocycles. The van der Waals surface area contributed by atoms with Crippen molar-refractivity contribution in [3.05, 3.63) is 63.7 Å². The molecule has 4 atom stereocenters. The van der Waals surface area contributed by atoms with Crippen molar-refractivity contribution in [2.75, 3.05) is 0 Å². The average Bonchev–Trinajstić information content (AvgIpc) is 2.67. The number of nitro benzene ring substituents is 1. The second kappa shape index (κ2) is 5.34. The molecular weight excluding hydrogens is 350 g/mol. The Balaban J connectivity index is 1.99. The molecule has 4 unspecified atom stereocenters. The van der Waals surface area contributed by atoms with Gasteiger partial charge in [-0.05, 0) is 50.9 Å². The molecule has 4 N–H and O–H groups in total. The van der Waals surface area contributed by atoms with Crippen LogP contribution in [0.5, 0.6) is 0 Å². The Kier molecular flexibility index (Phi) is 3.23. The molecule has 5 rings (SSSR count). The molecule has 0 aliphatic heterocycles. The van der Waals surface area contributed by atoms with Gasteiger partial charge in [-0.1, -0.05) is 18.2 Å². The van der Waals surface area contributed by atoms with Crippen molar-refractivity contribution in [1.29, 1.82) is 0 Å². The maximum Gasteiger partial charge on any atom is 0.277 e. The van der Waals surface area contributed by atoms with Crippen molar-refractivity contribution < 1.29 is 25.3 Å². The van der Waals surface area contributed by atoms with Gasteiger partial charge in [-0.2, -0.15) is 0 Å². The molecule has 1 aliphatic rings. The van der Waals surface area contributed by atoms with E-state index in [1.165, 1.54) is 6.07 Å². The lowest BCUT2D eigenvalue weighted by molar-refractivity contribution is -0.383. The molecule has 0 aromatic heterocycles. The van der Waals surface area contributed by atoms with Crippen LogP contribution >= 0.6 is 0 Å². The molecule has 0 amide bonds. The highest BCUT2D eigenvalue weighted by atomic mass is 16.6. The van der Waals surface area contributed by atoms with E-state index in [2.05, 4.69) is 0 Å². The minimum Gasteiger partial charge on any atom is -0.387 e. The number of rotatable bonds is 1. The number of aliphatic hydroxyl groups excluding tert-OH is 4. The molecular formula is C20H15NO6. The summed E-state index contributed by atoms with van der Waals surface area (Å²) in [5.74, 6) is 0. The van der Waals surface area contributed by atoms with E-state index in [4.69, 9.17) is 0 Å². The second-order valence-electron chi connectivity index (χ2n) is 7.01. The van der Waals surface area contributed by atoms with E-state index in [0.717, 1.165) is 16.2 Å². The van der Waals surface area contributed by atoms with E-state index in [0.29, 0.717) is 27.3 Å². The van der Waals surface area contributed by atoms with Crippen LogP contribution in [0.2, 0.25) is 0 Å². The third-order valence-corrected chi connectivity index (χ3v) is 5.64. The van der Waals surface area contributed by atoms with Gasteiger partial charge in [0.25, 0.3) is 5.69 Å². The van der Waals surface area contributed by atoms with Crippen molar-refractivity contribution in [2.24, 2.45) is 0 Å². The van der Waals surface area contributed by atoms with Crippen LogP contribution in [0.15, 0.2) is 42.5 Å². The van der Waals surface area contributed by atoms with Gasteiger partial charge >= 0.3 is 0 Å². The highest BCUT2D eigenvalue weighted by Crippen LogP contribution is 2.46. The van der Waals surface area contributed by atoms with Crippen LogP contribution in [-0.2, 0) is 0 Å². The fourth-order valence-corrected chi connectivity index (χ4v) is 4.37. The summed E-state index contributed by atoms with van der Waals surface area (Å²) >= 11 is 0. The van der Waals surface area contributed by atoms with E-state index in [9.17, 15) is 30.5 Å². The molecule has 0 spiro atoms. The Morgan fingerprint density at radius 3 is 2.11 bits per heavy atom.